The number of piperazine rings is 2. The van der Waals surface area contributed by atoms with E-state index in [0.717, 1.165) is 88.5 Å². The van der Waals surface area contributed by atoms with Gasteiger partial charge in [0.2, 0.25) is 0 Å². The molecule has 9 nitrogen and oxygen atoms in total. The molecule has 4 heterocycles. The average molecular weight is 387 g/mol. The number of β-amino-alcohol motifs (C(OH)–C–C–N with tert-alkyl or cyclic N) is 1. The molecule has 0 aromatic carbocycles. The highest BCUT2D eigenvalue weighted by atomic mass is 16.5. The lowest BCUT2D eigenvalue weighted by Gasteiger charge is -2.36. The predicted octanol–water partition coefficient (Wildman–Crippen LogP) is 0.210. The van der Waals surface area contributed by atoms with Gasteiger partial charge in [-0.25, -0.2) is 0 Å². The van der Waals surface area contributed by atoms with Gasteiger partial charge in [-0.05, 0) is 19.1 Å². The first-order valence-corrected chi connectivity index (χ1v) is 10.0. The van der Waals surface area contributed by atoms with Crippen LogP contribution in [0, 0.1) is 6.92 Å². The van der Waals surface area contributed by atoms with Crippen LogP contribution in [-0.4, -0.2) is 95.8 Å². The quantitative estimate of drug-likeness (QED) is 0.747. The van der Waals surface area contributed by atoms with Crippen molar-refractivity contribution in [1.82, 2.24) is 25.2 Å². The van der Waals surface area contributed by atoms with Crippen molar-refractivity contribution in [2.24, 2.45) is 0 Å². The van der Waals surface area contributed by atoms with Gasteiger partial charge in [-0.15, -0.1) is 10.2 Å². The fourth-order valence-electron chi connectivity index (χ4n) is 3.85. The van der Waals surface area contributed by atoms with E-state index < -0.39 is 0 Å². The predicted molar refractivity (Wildman–Crippen MR) is 107 cm³/mol. The normalized spacial score (nSPS) is 19.4. The summed E-state index contributed by atoms with van der Waals surface area (Å²) in [6.07, 6.45) is 0. The van der Waals surface area contributed by atoms with Gasteiger partial charge in [0.25, 0.3) is 0 Å². The summed E-state index contributed by atoms with van der Waals surface area (Å²) in [6.45, 7) is 11.3. The Morgan fingerprint density at radius 2 is 1.46 bits per heavy atom. The van der Waals surface area contributed by atoms with Gasteiger partial charge in [-0.1, -0.05) is 5.16 Å². The maximum Gasteiger partial charge on any atom is 0.151 e. The highest BCUT2D eigenvalue weighted by Crippen LogP contribution is 2.18. The second kappa shape index (κ2) is 8.85. The van der Waals surface area contributed by atoms with E-state index in [1.807, 2.05) is 13.0 Å². The van der Waals surface area contributed by atoms with Gasteiger partial charge >= 0.3 is 0 Å². The molecule has 9 heteroatoms. The fraction of sp³-hybridized carbons (Fsp3) is 0.632. The lowest BCUT2D eigenvalue weighted by molar-refractivity contribution is 0.188. The molecule has 2 saturated heterocycles. The van der Waals surface area contributed by atoms with E-state index in [9.17, 15) is 0 Å². The molecule has 2 fully saturated rings. The molecule has 0 bridgehead atoms. The Hall–Kier alpha value is -2.23. The Bertz CT molecular complexity index is 735. The summed E-state index contributed by atoms with van der Waals surface area (Å²) in [5, 5.41) is 22.1. The maximum atomic E-state index is 9.05. The Morgan fingerprint density at radius 1 is 0.893 bits per heavy atom. The van der Waals surface area contributed by atoms with Crippen LogP contribution in [0.25, 0.3) is 0 Å². The Kier molecular flexibility index (Phi) is 6.04. The molecule has 152 valence electrons. The SMILES string of the molecule is Cc1cc(CN2CCN(c3ccc(N4CCN(CCO)CC4)nn3)CC2)no1. The standard InChI is InChI=1S/C19H29N7O2/c1-16-14-17(22-28-16)15-24-6-10-26(11-7-24)19-3-2-18(20-21-19)25-8-4-23(5-9-25)12-13-27/h2-3,14,27H,4-13,15H2,1H3. The summed E-state index contributed by atoms with van der Waals surface area (Å²) in [4.78, 5) is 9.22. The first-order chi connectivity index (χ1) is 13.7. The number of hydrogen-bond acceptors (Lipinski definition) is 9. The topological polar surface area (TPSA) is 85.0 Å². The third kappa shape index (κ3) is 4.60. The number of aliphatic hydroxyl groups excluding tert-OH is 1. The van der Waals surface area contributed by atoms with Crippen LogP contribution in [-0.2, 0) is 6.54 Å². The molecule has 0 radical (unpaired) electrons. The molecule has 0 amide bonds. The molecule has 2 aliphatic rings. The second-order valence-electron chi connectivity index (χ2n) is 7.49. The average Bonchev–Trinajstić information content (AvgIpc) is 3.14. The largest absolute Gasteiger partial charge is 0.395 e. The minimum atomic E-state index is 0.222. The number of hydrogen-bond donors (Lipinski definition) is 1. The van der Waals surface area contributed by atoms with Crippen molar-refractivity contribution in [2.75, 3.05) is 75.3 Å². The number of aliphatic hydroxyl groups is 1. The highest BCUT2D eigenvalue weighted by Gasteiger charge is 2.21. The van der Waals surface area contributed by atoms with E-state index >= 15 is 0 Å². The van der Waals surface area contributed by atoms with Crippen molar-refractivity contribution >= 4 is 11.6 Å². The van der Waals surface area contributed by atoms with E-state index in [0.29, 0.717) is 0 Å². The molecule has 0 spiro atoms. The molecular formula is C19H29N7O2. The number of rotatable bonds is 6. The molecule has 0 atom stereocenters. The zero-order valence-electron chi connectivity index (χ0n) is 16.5. The van der Waals surface area contributed by atoms with E-state index in [4.69, 9.17) is 9.63 Å². The van der Waals surface area contributed by atoms with Crippen LogP contribution in [0.15, 0.2) is 22.7 Å². The molecule has 28 heavy (non-hydrogen) atoms. The number of nitrogens with zero attached hydrogens (tertiary/aromatic N) is 7. The third-order valence-electron chi connectivity index (χ3n) is 5.51. The molecular weight excluding hydrogens is 358 g/mol. The molecule has 2 aliphatic heterocycles. The van der Waals surface area contributed by atoms with E-state index in [2.05, 4.69) is 47.1 Å². The van der Waals surface area contributed by atoms with Gasteiger partial charge in [0.05, 0.1) is 12.3 Å². The van der Waals surface area contributed by atoms with Crippen LogP contribution in [0.5, 0.6) is 0 Å². The minimum absolute atomic E-state index is 0.222. The molecule has 2 aromatic rings. The zero-order valence-corrected chi connectivity index (χ0v) is 16.5. The Balaban J connectivity index is 1.27. The Morgan fingerprint density at radius 3 is 1.93 bits per heavy atom. The van der Waals surface area contributed by atoms with E-state index in [1.165, 1.54) is 0 Å². The van der Waals surface area contributed by atoms with Crippen molar-refractivity contribution in [3.8, 4) is 0 Å². The van der Waals surface area contributed by atoms with E-state index in [-0.39, 0.29) is 6.61 Å². The number of aromatic nitrogens is 3. The second-order valence-corrected chi connectivity index (χ2v) is 7.49. The summed E-state index contributed by atoms with van der Waals surface area (Å²) in [6, 6.07) is 6.16. The van der Waals surface area contributed by atoms with Crippen LogP contribution in [0.1, 0.15) is 11.5 Å². The molecule has 4 rings (SSSR count). The van der Waals surface area contributed by atoms with Crippen LogP contribution in [0.3, 0.4) is 0 Å². The lowest BCUT2D eigenvalue weighted by Crippen LogP contribution is -2.47. The van der Waals surface area contributed by atoms with Crippen molar-refractivity contribution in [3.05, 3.63) is 29.7 Å². The lowest BCUT2D eigenvalue weighted by atomic mass is 10.2. The molecule has 0 aliphatic carbocycles. The summed E-state index contributed by atoms with van der Waals surface area (Å²) < 4.78 is 5.15. The smallest absolute Gasteiger partial charge is 0.151 e. The number of aryl methyl sites for hydroxylation is 1. The van der Waals surface area contributed by atoms with Crippen LogP contribution < -0.4 is 9.80 Å². The van der Waals surface area contributed by atoms with Crippen molar-refractivity contribution in [1.29, 1.82) is 0 Å². The number of anilines is 2. The molecule has 1 N–H and O–H groups in total. The van der Waals surface area contributed by atoms with Gasteiger partial charge in [-0.3, -0.25) is 9.80 Å². The maximum absolute atomic E-state index is 9.05. The third-order valence-corrected chi connectivity index (χ3v) is 5.51. The summed E-state index contributed by atoms with van der Waals surface area (Å²) >= 11 is 0. The summed E-state index contributed by atoms with van der Waals surface area (Å²) in [5.41, 5.74) is 0.995. The Labute approximate surface area is 165 Å². The molecule has 0 saturated carbocycles. The monoisotopic (exact) mass is 387 g/mol. The van der Waals surface area contributed by atoms with Crippen LogP contribution in [0.2, 0.25) is 0 Å². The van der Waals surface area contributed by atoms with E-state index in [1.54, 1.807) is 0 Å². The van der Waals surface area contributed by atoms with Gasteiger partial charge < -0.3 is 19.4 Å². The first kappa shape index (κ1) is 19.1. The first-order valence-electron chi connectivity index (χ1n) is 10.0. The fourth-order valence-corrected chi connectivity index (χ4v) is 3.85. The van der Waals surface area contributed by atoms with Crippen LogP contribution in [0.4, 0.5) is 11.6 Å². The zero-order chi connectivity index (χ0) is 19.3. The van der Waals surface area contributed by atoms with Crippen LogP contribution >= 0.6 is 0 Å². The van der Waals surface area contributed by atoms with Crippen molar-refractivity contribution < 1.29 is 9.63 Å². The van der Waals surface area contributed by atoms with Gasteiger partial charge in [0.15, 0.2) is 11.6 Å². The minimum Gasteiger partial charge on any atom is -0.395 e. The highest BCUT2D eigenvalue weighted by molar-refractivity contribution is 5.45. The summed E-state index contributed by atoms with van der Waals surface area (Å²) in [7, 11) is 0. The van der Waals surface area contributed by atoms with Gasteiger partial charge in [0.1, 0.15) is 5.76 Å². The molecule has 0 unspecified atom stereocenters. The van der Waals surface area contributed by atoms with Crippen molar-refractivity contribution in [2.45, 2.75) is 13.5 Å². The van der Waals surface area contributed by atoms with Gasteiger partial charge in [0, 0.05) is 71.5 Å². The van der Waals surface area contributed by atoms with Crippen molar-refractivity contribution in [3.63, 3.8) is 0 Å². The molecule has 2 aromatic heterocycles. The van der Waals surface area contributed by atoms with Gasteiger partial charge in [-0.2, -0.15) is 0 Å². The summed E-state index contributed by atoms with van der Waals surface area (Å²) in [5.74, 6) is 2.74.